The molecule has 0 aromatic heterocycles. The molecule has 0 spiro atoms. The van der Waals surface area contributed by atoms with Gasteiger partial charge in [0.2, 0.25) is 5.91 Å². The lowest BCUT2D eigenvalue weighted by molar-refractivity contribution is -0.139. The van der Waals surface area contributed by atoms with E-state index < -0.39 is 11.7 Å². The van der Waals surface area contributed by atoms with Crippen molar-refractivity contribution in [3.05, 3.63) is 65.2 Å². The molecule has 27 heavy (non-hydrogen) atoms. The van der Waals surface area contributed by atoms with Crippen LogP contribution in [-0.4, -0.2) is 37.6 Å². The van der Waals surface area contributed by atoms with Crippen LogP contribution in [0.5, 0.6) is 5.75 Å². The molecule has 1 N–H and O–H groups in total. The highest BCUT2D eigenvalue weighted by atomic mass is 19.4. The van der Waals surface area contributed by atoms with E-state index in [1.54, 1.807) is 12.0 Å². The molecule has 1 fully saturated rings. The minimum Gasteiger partial charge on any atom is -0.496 e. The summed E-state index contributed by atoms with van der Waals surface area (Å²) in [6.45, 7) is 1.54. The van der Waals surface area contributed by atoms with Gasteiger partial charge in [0, 0.05) is 25.2 Å². The van der Waals surface area contributed by atoms with Gasteiger partial charge in [0.1, 0.15) is 5.75 Å². The second-order valence-electron chi connectivity index (χ2n) is 6.38. The molecule has 144 valence electrons. The number of piperazine rings is 1. The highest BCUT2D eigenvalue weighted by Gasteiger charge is 2.35. The van der Waals surface area contributed by atoms with Crippen molar-refractivity contribution in [3.8, 4) is 5.75 Å². The van der Waals surface area contributed by atoms with E-state index in [-0.39, 0.29) is 23.9 Å². The van der Waals surface area contributed by atoms with Crippen molar-refractivity contribution in [2.75, 3.05) is 26.7 Å². The standard InChI is InChI=1S/C20H21F3N2O2/c1-27-18-9-5-3-7-15(18)17-13-24-10-11-25(17)19(26)12-14-6-2-4-8-16(14)20(21,22)23/h2-9,17,24H,10-13H2,1H3. The van der Waals surface area contributed by atoms with Crippen LogP contribution < -0.4 is 10.1 Å². The molecule has 2 aromatic rings. The zero-order valence-corrected chi connectivity index (χ0v) is 14.9. The van der Waals surface area contributed by atoms with E-state index >= 15 is 0 Å². The van der Waals surface area contributed by atoms with Crippen LogP contribution in [-0.2, 0) is 17.4 Å². The number of methoxy groups -OCH3 is 1. The number of para-hydroxylation sites is 1. The second-order valence-corrected chi connectivity index (χ2v) is 6.38. The molecule has 7 heteroatoms. The molecule has 4 nitrogen and oxygen atoms in total. The molecule has 1 unspecified atom stereocenters. The number of carbonyl (C=O) groups is 1. The van der Waals surface area contributed by atoms with E-state index in [0.29, 0.717) is 25.4 Å². The molecule has 2 aromatic carbocycles. The largest absolute Gasteiger partial charge is 0.496 e. The molecular weight excluding hydrogens is 357 g/mol. The minimum absolute atomic E-state index is 0.00712. The van der Waals surface area contributed by atoms with Crippen LogP contribution in [0.3, 0.4) is 0 Å². The molecule has 0 aliphatic carbocycles. The number of carbonyl (C=O) groups excluding carboxylic acids is 1. The molecular formula is C20H21F3N2O2. The van der Waals surface area contributed by atoms with Gasteiger partial charge < -0.3 is 15.0 Å². The summed E-state index contributed by atoms with van der Waals surface area (Å²) in [5, 5.41) is 3.24. The molecule has 1 heterocycles. The summed E-state index contributed by atoms with van der Waals surface area (Å²) >= 11 is 0. The molecule has 1 atom stereocenters. The Labute approximate surface area is 155 Å². The number of alkyl halides is 3. The number of benzene rings is 2. The third kappa shape index (κ3) is 4.24. The molecule has 0 radical (unpaired) electrons. The van der Waals surface area contributed by atoms with Gasteiger partial charge in [0.25, 0.3) is 0 Å². The zero-order valence-electron chi connectivity index (χ0n) is 14.9. The van der Waals surface area contributed by atoms with Gasteiger partial charge in [0.15, 0.2) is 0 Å². The fourth-order valence-electron chi connectivity index (χ4n) is 3.44. The van der Waals surface area contributed by atoms with Crippen LogP contribution in [0.15, 0.2) is 48.5 Å². The first kappa shape index (κ1) is 19.2. The van der Waals surface area contributed by atoms with E-state index in [0.717, 1.165) is 11.6 Å². The van der Waals surface area contributed by atoms with Crippen LogP contribution in [0.25, 0.3) is 0 Å². The number of ether oxygens (including phenoxy) is 1. The van der Waals surface area contributed by atoms with E-state index in [2.05, 4.69) is 5.32 Å². The summed E-state index contributed by atoms with van der Waals surface area (Å²) in [5.41, 5.74) is 0.0688. The monoisotopic (exact) mass is 378 g/mol. The van der Waals surface area contributed by atoms with Gasteiger partial charge in [-0.3, -0.25) is 4.79 Å². The van der Waals surface area contributed by atoms with Gasteiger partial charge in [0.05, 0.1) is 25.1 Å². The Bertz CT molecular complexity index is 808. The first-order valence-corrected chi connectivity index (χ1v) is 8.70. The van der Waals surface area contributed by atoms with Crippen LogP contribution in [0, 0.1) is 0 Å². The maximum atomic E-state index is 13.2. The Kier molecular flexibility index (Phi) is 5.70. The maximum absolute atomic E-state index is 13.2. The van der Waals surface area contributed by atoms with Crippen LogP contribution >= 0.6 is 0 Å². The predicted molar refractivity (Wildman–Crippen MR) is 95.5 cm³/mol. The van der Waals surface area contributed by atoms with Crippen molar-refractivity contribution in [3.63, 3.8) is 0 Å². The molecule has 1 aliphatic rings. The van der Waals surface area contributed by atoms with Crippen LogP contribution in [0.4, 0.5) is 13.2 Å². The number of hydrogen-bond acceptors (Lipinski definition) is 3. The molecule has 1 aliphatic heterocycles. The van der Waals surface area contributed by atoms with E-state index in [1.807, 2.05) is 24.3 Å². The fourth-order valence-corrected chi connectivity index (χ4v) is 3.44. The molecule has 0 bridgehead atoms. The van der Waals surface area contributed by atoms with E-state index in [4.69, 9.17) is 4.74 Å². The average molecular weight is 378 g/mol. The lowest BCUT2D eigenvalue weighted by Gasteiger charge is -2.37. The lowest BCUT2D eigenvalue weighted by Crippen LogP contribution is -2.49. The van der Waals surface area contributed by atoms with Gasteiger partial charge in [-0.25, -0.2) is 0 Å². The average Bonchev–Trinajstić information content (AvgIpc) is 2.67. The van der Waals surface area contributed by atoms with Gasteiger partial charge in [-0.2, -0.15) is 13.2 Å². The number of halogens is 3. The van der Waals surface area contributed by atoms with Crippen LogP contribution in [0.2, 0.25) is 0 Å². The normalized spacial score (nSPS) is 17.6. The Morgan fingerprint density at radius 2 is 1.89 bits per heavy atom. The summed E-state index contributed by atoms with van der Waals surface area (Å²) < 4.78 is 45.1. The lowest BCUT2D eigenvalue weighted by atomic mass is 9.99. The van der Waals surface area contributed by atoms with Crippen molar-refractivity contribution in [2.24, 2.45) is 0 Å². The van der Waals surface area contributed by atoms with Crippen molar-refractivity contribution >= 4 is 5.91 Å². The smallest absolute Gasteiger partial charge is 0.416 e. The first-order chi connectivity index (χ1) is 12.9. The highest BCUT2D eigenvalue weighted by molar-refractivity contribution is 5.80. The molecule has 0 saturated carbocycles. The maximum Gasteiger partial charge on any atom is 0.416 e. The third-order valence-corrected chi connectivity index (χ3v) is 4.73. The Hall–Kier alpha value is -2.54. The number of nitrogens with zero attached hydrogens (tertiary/aromatic N) is 1. The zero-order chi connectivity index (χ0) is 19.4. The van der Waals surface area contributed by atoms with Gasteiger partial charge >= 0.3 is 6.18 Å². The number of hydrogen-bond donors (Lipinski definition) is 1. The van der Waals surface area contributed by atoms with Crippen LogP contribution in [0.1, 0.15) is 22.7 Å². The topological polar surface area (TPSA) is 41.6 Å². The van der Waals surface area contributed by atoms with Crippen molar-refractivity contribution in [1.82, 2.24) is 10.2 Å². The van der Waals surface area contributed by atoms with Gasteiger partial charge in [-0.05, 0) is 17.7 Å². The van der Waals surface area contributed by atoms with Gasteiger partial charge in [-0.15, -0.1) is 0 Å². The molecule has 1 saturated heterocycles. The number of nitrogens with one attached hydrogen (secondary N) is 1. The van der Waals surface area contributed by atoms with Crippen molar-refractivity contribution < 1.29 is 22.7 Å². The fraction of sp³-hybridized carbons (Fsp3) is 0.350. The summed E-state index contributed by atoms with van der Waals surface area (Å²) in [6.07, 6.45) is -4.77. The number of rotatable bonds is 4. The highest BCUT2D eigenvalue weighted by Crippen LogP contribution is 2.34. The summed E-state index contributed by atoms with van der Waals surface area (Å²) in [7, 11) is 1.56. The molecule has 1 amide bonds. The summed E-state index contributed by atoms with van der Waals surface area (Å²) in [4.78, 5) is 14.6. The second kappa shape index (κ2) is 8.00. The predicted octanol–water partition coefficient (Wildman–Crippen LogP) is 3.43. The number of amides is 1. The Morgan fingerprint density at radius 3 is 2.63 bits per heavy atom. The SMILES string of the molecule is COc1ccccc1C1CNCCN1C(=O)Cc1ccccc1C(F)(F)F. The van der Waals surface area contributed by atoms with E-state index in [9.17, 15) is 18.0 Å². The Balaban J connectivity index is 1.87. The summed E-state index contributed by atoms with van der Waals surface area (Å²) in [6, 6.07) is 12.3. The van der Waals surface area contributed by atoms with E-state index in [1.165, 1.54) is 18.2 Å². The van der Waals surface area contributed by atoms with Crippen molar-refractivity contribution in [2.45, 2.75) is 18.6 Å². The third-order valence-electron chi connectivity index (χ3n) is 4.73. The Morgan fingerprint density at radius 1 is 1.19 bits per heavy atom. The van der Waals surface area contributed by atoms with Gasteiger partial charge in [-0.1, -0.05) is 36.4 Å². The molecule has 3 rings (SSSR count). The van der Waals surface area contributed by atoms with Crippen molar-refractivity contribution in [1.29, 1.82) is 0 Å². The summed E-state index contributed by atoms with van der Waals surface area (Å²) in [5.74, 6) is 0.323. The quantitative estimate of drug-likeness (QED) is 0.886. The minimum atomic E-state index is -4.48. The first-order valence-electron chi connectivity index (χ1n) is 8.70.